The van der Waals surface area contributed by atoms with E-state index < -0.39 is 6.10 Å². The Kier molecular flexibility index (Phi) is 52.5. The van der Waals surface area contributed by atoms with Crippen molar-refractivity contribution in [2.24, 2.45) is 11.8 Å². The molecule has 0 fully saturated rings. The topological polar surface area (TPSA) is 78.9 Å². The van der Waals surface area contributed by atoms with Crippen LogP contribution in [0.15, 0.2) is 0 Å². The molecule has 2 atom stereocenters. The fourth-order valence-corrected chi connectivity index (χ4v) is 9.37. The molecular formula is C61H118O6. The summed E-state index contributed by atoms with van der Waals surface area (Å²) in [5.41, 5.74) is 0. The first kappa shape index (κ1) is 65.4. The van der Waals surface area contributed by atoms with Crippen LogP contribution in [0.2, 0.25) is 0 Å². The number of hydrogen-bond donors (Lipinski definition) is 0. The fraction of sp³-hybridized carbons (Fsp3) is 0.951. The third kappa shape index (κ3) is 53.6. The molecule has 0 aromatic heterocycles. The van der Waals surface area contributed by atoms with Gasteiger partial charge in [-0.1, -0.05) is 304 Å². The van der Waals surface area contributed by atoms with E-state index in [1.165, 1.54) is 231 Å². The van der Waals surface area contributed by atoms with Gasteiger partial charge in [-0.2, -0.15) is 0 Å². The first-order valence-electron chi connectivity index (χ1n) is 30.3. The van der Waals surface area contributed by atoms with Gasteiger partial charge in [0.15, 0.2) is 6.10 Å². The first-order chi connectivity index (χ1) is 32.8. The highest BCUT2D eigenvalue weighted by Crippen LogP contribution is 2.19. The van der Waals surface area contributed by atoms with Gasteiger partial charge < -0.3 is 14.2 Å². The lowest BCUT2D eigenvalue weighted by Crippen LogP contribution is -2.30. The van der Waals surface area contributed by atoms with Crippen LogP contribution in [0.1, 0.15) is 343 Å². The molecule has 0 heterocycles. The third-order valence-electron chi connectivity index (χ3n) is 14.3. The van der Waals surface area contributed by atoms with Crippen LogP contribution in [-0.2, 0) is 28.6 Å². The van der Waals surface area contributed by atoms with E-state index in [1.54, 1.807) is 0 Å². The maximum atomic E-state index is 12.8. The van der Waals surface area contributed by atoms with E-state index in [-0.39, 0.29) is 31.1 Å². The van der Waals surface area contributed by atoms with Gasteiger partial charge in [-0.05, 0) is 31.1 Å². The lowest BCUT2D eigenvalue weighted by Gasteiger charge is -2.18. The highest BCUT2D eigenvalue weighted by molar-refractivity contribution is 5.71. The molecule has 0 aliphatic heterocycles. The van der Waals surface area contributed by atoms with Crippen LogP contribution < -0.4 is 0 Å². The number of unbranched alkanes of at least 4 members (excludes halogenated alkanes) is 39. The summed E-state index contributed by atoms with van der Waals surface area (Å²) in [5, 5.41) is 0. The van der Waals surface area contributed by atoms with Gasteiger partial charge in [0.05, 0.1) is 0 Å². The molecule has 6 nitrogen and oxygen atoms in total. The van der Waals surface area contributed by atoms with Crippen molar-refractivity contribution in [1.29, 1.82) is 0 Å². The van der Waals surface area contributed by atoms with Crippen molar-refractivity contribution >= 4 is 17.9 Å². The minimum atomic E-state index is -0.762. The van der Waals surface area contributed by atoms with Crippen LogP contribution in [0.5, 0.6) is 0 Å². The zero-order valence-electron chi connectivity index (χ0n) is 46.0. The quantitative estimate of drug-likeness (QED) is 0.0343. The van der Waals surface area contributed by atoms with E-state index in [9.17, 15) is 14.4 Å². The van der Waals surface area contributed by atoms with Crippen LogP contribution in [0.4, 0.5) is 0 Å². The van der Waals surface area contributed by atoms with Gasteiger partial charge in [0.25, 0.3) is 0 Å². The number of carbonyl (C=O) groups excluding carboxylic acids is 3. The molecular weight excluding hydrogens is 829 g/mol. The molecule has 0 aromatic rings. The minimum absolute atomic E-state index is 0.0622. The van der Waals surface area contributed by atoms with Crippen molar-refractivity contribution in [3.05, 3.63) is 0 Å². The molecule has 0 amide bonds. The third-order valence-corrected chi connectivity index (χ3v) is 14.3. The summed E-state index contributed by atoms with van der Waals surface area (Å²) in [6, 6.07) is 0. The molecule has 0 radical (unpaired) electrons. The summed E-state index contributed by atoms with van der Waals surface area (Å²) in [4.78, 5) is 38.2. The molecule has 0 bridgehead atoms. The van der Waals surface area contributed by atoms with Crippen molar-refractivity contribution in [3.8, 4) is 0 Å². The zero-order chi connectivity index (χ0) is 48.9. The average molecular weight is 948 g/mol. The Morgan fingerprint density at radius 2 is 0.567 bits per heavy atom. The molecule has 0 spiro atoms. The first-order valence-corrected chi connectivity index (χ1v) is 30.3. The molecule has 1 unspecified atom stereocenters. The molecule has 398 valence electrons. The largest absolute Gasteiger partial charge is 0.462 e. The minimum Gasteiger partial charge on any atom is -0.462 e. The molecule has 6 heteroatoms. The second-order valence-corrected chi connectivity index (χ2v) is 21.7. The highest BCUT2D eigenvalue weighted by atomic mass is 16.6. The Morgan fingerprint density at radius 3 is 0.851 bits per heavy atom. The van der Waals surface area contributed by atoms with Crippen LogP contribution in [-0.4, -0.2) is 37.2 Å². The number of ether oxygens (including phenoxy) is 3. The SMILES string of the molecule is CCCCCCCCCCCCCCC(=O)O[C@@H](COC(=O)CCCCCCCCCCCCCCCCCCC(C)C)COC(=O)CCCCCCCCCCCCCCCCC(C)CC. The van der Waals surface area contributed by atoms with Crippen molar-refractivity contribution in [3.63, 3.8) is 0 Å². The van der Waals surface area contributed by atoms with Crippen molar-refractivity contribution < 1.29 is 28.6 Å². The van der Waals surface area contributed by atoms with Gasteiger partial charge in [0, 0.05) is 19.3 Å². The van der Waals surface area contributed by atoms with Crippen molar-refractivity contribution in [1.82, 2.24) is 0 Å². The van der Waals surface area contributed by atoms with Gasteiger partial charge in [0.2, 0.25) is 0 Å². The van der Waals surface area contributed by atoms with Gasteiger partial charge in [-0.25, -0.2) is 0 Å². The Morgan fingerprint density at radius 1 is 0.313 bits per heavy atom. The molecule has 0 aromatic carbocycles. The Labute approximate surface area is 418 Å². The Balaban J connectivity index is 4.24. The predicted molar refractivity (Wildman–Crippen MR) is 289 cm³/mol. The second-order valence-electron chi connectivity index (χ2n) is 21.7. The highest BCUT2D eigenvalue weighted by Gasteiger charge is 2.19. The molecule has 0 saturated heterocycles. The molecule has 0 rings (SSSR count). The Bertz CT molecular complexity index is 1030. The van der Waals surface area contributed by atoms with Crippen LogP contribution in [0, 0.1) is 11.8 Å². The number of rotatable bonds is 55. The maximum Gasteiger partial charge on any atom is 0.306 e. The van der Waals surface area contributed by atoms with Crippen LogP contribution in [0.3, 0.4) is 0 Å². The summed E-state index contributed by atoms with van der Waals surface area (Å²) in [6.45, 7) is 11.5. The predicted octanol–water partition coefficient (Wildman–Crippen LogP) is 20.0. The maximum absolute atomic E-state index is 12.8. The molecule has 0 saturated carbocycles. The smallest absolute Gasteiger partial charge is 0.306 e. The van der Waals surface area contributed by atoms with Gasteiger partial charge >= 0.3 is 17.9 Å². The second kappa shape index (κ2) is 53.8. The summed E-state index contributed by atoms with van der Waals surface area (Å²) in [5.74, 6) is 0.913. The summed E-state index contributed by atoms with van der Waals surface area (Å²) < 4.78 is 16.9. The van der Waals surface area contributed by atoms with E-state index in [4.69, 9.17) is 14.2 Å². The summed E-state index contributed by atoms with van der Waals surface area (Å²) in [7, 11) is 0. The fourth-order valence-electron chi connectivity index (χ4n) is 9.37. The normalized spacial score (nSPS) is 12.4. The van der Waals surface area contributed by atoms with E-state index in [0.29, 0.717) is 19.3 Å². The van der Waals surface area contributed by atoms with E-state index in [0.717, 1.165) is 69.6 Å². The lowest BCUT2D eigenvalue weighted by atomic mass is 9.99. The van der Waals surface area contributed by atoms with Crippen LogP contribution in [0.25, 0.3) is 0 Å². The standard InChI is InChI=1S/C61H118O6/c1-6-8-9-10-11-12-13-26-33-38-43-48-53-61(64)67-58(55-66-60(63)52-47-42-37-32-28-23-19-18-21-25-30-35-40-45-50-57(5)7-2)54-65-59(62)51-46-41-36-31-27-22-17-15-14-16-20-24-29-34-39-44-49-56(3)4/h56-58H,6-55H2,1-5H3/t57?,58-/m0/s1. The molecule has 67 heavy (non-hydrogen) atoms. The van der Waals surface area contributed by atoms with Crippen molar-refractivity contribution in [2.45, 2.75) is 349 Å². The molecule has 0 N–H and O–H groups in total. The number of hydrogen-bond acceptors (Lipinski definition) is 6. The Hall–Kier alpha value is -1.59. The zero-order valence-corrected chi connectivity index (χ0v) is 46.0. The van der Waals surface area contributed by atoms with Crippen LogP contribution >= 0.6 is 0 Å². The average Bonchev–Trinajstić information content (AvgIpc) is 3.31. The van der Waals surface area contributed by atoms with E-state index in [1.807, 2.05) is 0 Å². The van der Waals surface area contributed by atoms with E-state index in [2.05, 4.69) is 34.6 Å². The lowest BCUT2D eigenvalue weighted by molar-refractivity contribution is -0.167. The monoisotopic (exact) mass is 947 g/mol. The van der Waals surface area contributed by atoms with E-state index >= 15 is 0 Å². The summed E-state index contributed by atoms with van der Waals surface area (Å²) in [6.07, 6.45) is 58.0. The molecule has 0 aliphatic carbocycles. The number of carbonyl (C=O) groups is 3. The van der Waals surface area contributed by atoms with Gasteiger partial charge in [-0.15, -0.1) is 0 Å². The van der Waals surface area contributed by atoms with Gasteiger partial charge in [0.1, 0.15) is 13.2 Å². The van der Waals surface area contributed by atoms with Crippen molar-refractivity contribution in [2.75, 3.05) is 13.2 Å². The summed E-state index contributed by atoms with van der Waals surface area (Å²) >= 11 is 0. The van der Waals surface area contributed by atoms with Gasteiger partial charge in [-0.3, -0.25) is 14.4 Å². The number of esters is 3. The molecule has 0 aliphatic rings.